The van der Waals surface area contributed by atoms with Crippen molar-refractivity contribution in [3.8, 4) is 5.75 Å². The molecule has 0 atom stereocenters. The third-order valence-corrected chi connectivity index (χ3v) is 3.10. The van der Waals surface area contributed by atoms with Gasteiger partial charge in [-0.05, 0) is 31.2 Å². The van der Waals surface area contributed by atoms with Crippen LogP contribution in [0.3, 0.4) is 0 Å². The number of hydrogen-bond donors (Lipinski definition) is 1. The zero-order chi connectivity index (χ0) is 15.2. The summed E-state index contributed by atoms with van der Waals surface area (Å²) in [6.45, 7) is 2.45. The van der Waals surface area contributed by atoms with Gasteiger partial charge in [-0.3, -0.25) is 4.98 Å². The molecule has 1 heterocycles. The molecule has 0 saturated heterocycles. The fourth-order valence-electron chi connectivity index (χ4n) is 1.71. The average Bonchev–Trinajstić information content (AvgIpc) is 2.48. The SMILES string of the molecule is CCOc1ccc(C(=O)OCc2ccncc2Cl)cc1N. The topological polar surface area (TPSA) is 74.4 Å². The Labute approximate surface area is 127 Å². The number of nitrogen functional groups attached to an aromatic ring is 1. The Hall–Kier alpha value is -2.27. The van der Waals surface area contributed by atoms with Gasteiger partial charge in [-0.25, -0.2) is 4.79 Å². The number of ether oxygens (including phenoxy) is 2. The summed E-state index contributed by atoms with van der Waals surface area (Å²) in [5, 5.41) is 0.455. The summed E-state index contributed by atoms with van der Waals surface area (Å²) in [4.78, 5) is 15.8. The first-order valence-electron chi connectivity index (χ1n) is 6.39. The summed E-state index contributed by atoms with van der Waals surface area (Å²) in [7, 11) is 0. The molecule has 2 aromatic rings. The highest BCUT2D eigenvalue weighted by atomic mass is 35.5. The van der Waals surface area contributed by atoms with Crippen molar-refractivity contribution in [1.29, 1.82) is 0 Å². The third kappa shape index (κ3) is 3.86. The fourth-order valence-corrected chi connectivity index (χ4v) is 1.88. The molecule has 0 aliphatic heterocycles. The van der Waals surface area contributed by atoms with Crippen molar-refractivity contribution >= 4 is 23.3 Å². The maximum Gasteiger partial charge on any atom is 0.338 e. The number of esters is 1. The smallest absolute Gasteiger partial charge is 0.338 e. The lowest BCUT2D eigenvalue weighted by Gasteiger charge is -2.09. The van der Waals surface area contributed by atoms with Gasteiger partial charge in [-0.1, -0.05) is 11.6 Å². The van der Waals surface area contributed by atoms with Gasteiger partial charge in [0, 0.05) is 18.0 Å². The Morgan fingerprint density at radius 1 is 1.38 bits per heavy atom. The molecule has 0 radical (unpaired) electrons. The second-order valence-electron chi connectivity index (χ2n) is 4.23. The zero-order valence-corrected chi connectivity index (χ0v) is 12.3. The Morgan fingerprint density at radius 2 is 2.19 bits per heavy atom. The summed E-state index contributed by atoms with van der Waals surface area (Å²) in [6, 6.07) is 6.48. The number of halogens is 1. The van der Waals surface area contributed by atoms with Crippen molar-refractivity contribution in [1.82, 2.24) is 4.98 Å². The second kappa shape index (κ2) is 6.95. The molecule has 1 aromatic heterocycles. The largest absolute Gasteiger partial charge is 0.492 e. The predicted molar refractivity (Wildman–Crippen MR) is 80.4 cm³/mol. The number of benzene rings is 1. The van der Waals surface area contributed by atoms with E-state index in [0.717, 1.165) is 0 Å². The standard InChI is InChI=1S/C15H15ClN2O3/c1-2-20-14-4-3-10(7-13(14)17)15(19)21-9-11-5-6-18-8-12(11)16/h3-8H,2,9,17H2,1H3. The number of aromatic nitrogens is 1. The monoisotopic (exact) mass is 306 g/mol. The summed E-state index contributed by atoms with van der Waals surface area (Å²) < 4.78 is 10.5. The van der Waals surface area contributed by atoms with E-state index < -0.39 is 5.97 Å². The molecule has 21 heavy (non-hydrogen) atoms. The molecule has 2 N–H and O–H groups in total. The van der Waals surface area contributed by atoms with E-state index in [-0.39, 0.29) is 6.61 Å². The molecule has 1 aromatic carbocycles. The van der Waals surface area contributed by atoms with Crippen LogP contribution in [0.15, 0.2) is 36.7 Å². The van der Waals surface area contributed by atoms with Gasteiger partial charge in [-0.15, -0.1) is 0 Å². The molecule has 2 rings (SSSR count). The molecular weight excluding hydrogens is 292 g/mol. The molecule has 0 spiro atoms. The molecule has 0 aliphatic rings. The summed E-state index contributed by atoms with van der Waals surface area (Å²) in [6.07, 6.45) is 3.09. The Kier molecular flexibility index (Phi) is 5.00. The highest BCUT2D eigenvalue weighted by molar-refractivity contribution is 6.31. The first-order chi connectivity index (χ1) is 10.1. The van der Waals surface area contributed by atoms with Gasteiger partial charge in [0.25, 0.3) is 0 Å². The van der Waals surface area contributed by atoms with E-state index in [9.17, 15) is 4.79 Å². The van der Waals surface area contributed by atoms with Crippen LogP contribution in [0.1, 0.15) is 22.8 Å². The van der Waals surface area contributed by atoms with Crippen molar-refractivity contribution in [2.24, 2.45) is 0 Å². The first-order valence-corrected chi connectivity index (χ1v) is 6.77. The van der Waals surface area contributed by atoms with Gasteiger partial charge >= 0.3 is 5.97 Å². The van der Waals surface area contributed by atoms with Crippen LogP contribution in [-0.2, 0) is 11.3 Å². The minimum absolute atomic E-state index is 0.0767. The predicted octanol–water partition coefficient (Wildman–Crippen LogP) is 3.07. The number of carbonyl (C=O) groups is 1. The lowest BCUT2D eigenvalue weighted by Crippen LogP contribution is -2.07. The maximum atomic E-state index is 12.0. The molecule has 0 aliphatic carbocycles. The van der Waals surface area contributed by atoms with E-state index in [1.54, 1.807) is 24.4 Å². The maximum absolute atomic E-state index is 12.0. The van der Waals surface area contributed by atoms with Crippen molar-refractivity contribution in [3.05, 3.63) is 52.8 Å². The van der Waals surface area contributed by atoms with Crippen LogP contribution in [0, 0.1) is 0 Å². The van der Waals surface area contributed by atoms with Crippen LogP contribution < -0.4 is 10.5 Å². The van der Waals surface area contributed by atoms with Crippen LogP contribution in [-0.4, -0.2) is 17.6 Å². The quantitative estimate of drug-likeness (QED) is 0.678. The number of pyridine rings is 1. The number of hydrogen-bond acceptors (Lipinski definition) is 5. The van der Waals surface area contributed by atoms with Crippen LogP contribution in [0.2, 0.25) is 5.02 Å². The molecule has 0 fully saturated rings. The number of nitrogens with zero attached hydrogens (tertiary/aromatic N) is 1. The Balaban J connectivity index is 2.04. The van der Waals surface area contributed by atoms with E-state index >= 15 is 0 Å². The Morgan fingerprint density at radius 3 is 2.86 bits per heavy atom. The third-order valence-electron chi connectivity index (χ3n) is 2.76. The zero-order valence-electron chi connectivity index (χ0n) is 11.5. The van der Waals surface area contributed by atoms with Crippen molar-refractivity contribution < 1.29 is 14.3 Å². The number of anilines is 1. The highest BCUT2D eigenvalue weighted by Gasteiger charge is 2.11. The fraction of sp³-hybridized carbons (Fsp3) is 0.200. The average molecular weight is 307 g/mol. The molecule has 0 bridgehead atoms. The normalized spacial score (nSPS) is 10.2. The van der Waals surface area contributed by atoms with Crippen LogP contribution in [0.25, 0.3) is 0 Å². The van der Waals surface area contributed by atoms with Gasteiger partial charge in [0.05, 0.1) is 22.9 Å². The van der Waals surface area contributed by atoms with Crippen molar-refractivity contribution in [3.63, 3.8) is 0 Å². The Bertz CT molecular complexity index is 647. The summed E-state index contributed by atoms with van der Waals surface area (Å²) in [5.74, 6) is 0.0730. The minimum atomic E-state index is -0.474. The van der Waals surface area contributed by atoms with Crippen molar-refractivity contribution in [2.45, 2.75) is 13.5 Å². The van der Waals surface area contributed by atoms with Crippen molar-refractivity contribution in [2.75, 3.05) is 12.3 Å². The van der Waals surface area contributed by atoms with Gasteiger partial charge < -0.3 is 15.2 Å². The van der Waals surface area contributed by atoms with Gasteiger partial charge in [0.15, 0.2) is 0 Å². The first kappa shape index (κ1) is 15.1. The second-order valence-corrected chi connectivity index (χ2v) is 4.64. The molecule has 5 nitrogen and oxygen atoms in total. The van der Waals surface area contributed by atoms with E-state index in [4.69, 9.17) is 26.8 Å². The van der Waals surface area contributed by atoms with Crippen LogP contribution in [0.5, 0.6) is 5.75 Å². The van der Waals surface area contributed by atoms with E-state index in [1.165, 1.54) is 12.3 Å². The van der Waals surface area contributed by atoms with E-state index in [1.807, 2.05) is 6.92 Å². The van der Waals surface area contributed by atoms with Crippen LogP contribution in [0.4, 0.5) is 5.69 Å². The molecule has 6 heteroatoms. The summed E-state index contributed by atoms with van der Waals surface area (Å²) in [5.41, 5.74) is 7.27. The molecule has 0 amide bonds. The molecule has 0 unspecified atom stereocenters. The van der Waals surface area contributed by atoms with Crippen LogP contribution >= 0.6 is 11.6 Å². The molecule has 110 valence electrons. The summed E-state index contributed by atoms with van der Waals surface area (Å²) >= 11 is 5.94. The van der Waals surface area contributed by atoms with Gasteiger partial charge in [-0.2, -0.15) is 0 Å². The highest BCUT2D eigenvalue weighted by Crippen LogP contribution is 2.23. The molecule has 0 saturated carbocycles. The minimum Gasteiger partial charge on any atom is -0.492 e. The van der Waals surface area contributed by atoms with E-state index in [0.29, 0.717) is 34.2 Å². The van der Waals surface area contributed by atoms with Gasteiger partial charge in [0.2, 0.25) is 0 Å². The number of nitrogens with two attached hydrogens (primary N) is 1. The number of rotatable bonds is 5. The molecular formula is C15H15ClN2O3. The van der Waals surface area contributed by atoms with E-state index in [2.05, 4.69) is 4.98 Å². The lowest BCUT2D eigenvalue weighted by molar-refractivity contribution is 0.0473. The lowest BCUT2D eigenvalue weighted by atomic mass is 10.2. The van der Waals surface area contributed by atoms with Gasteiger partial charge in [0.1, 0.15) is 12.4 Å². The number of carbonyl (C=O) groups excluding carboxylic acids is 1.